The Bertz CT molecular complexity index is 743. The summed E-state index contributed by atoms with van der Waals surface area (Å²) in [6, 6.07) is 5.67. The zero-order chi connectivity index (χ0) is 18.4. The third-order valence-electron chi connectivity index (χ3n) is 4.51. The summed E-state index contributed by atoms with van der Waals surface area (Å²) in [5.74, 6) is 1.59. The summed E-state index contributed by atoms with van der Waals surface area (Å²) in [4.78, 5) is 20.8. The number of nitrogens with zero attached hydrogens (tertiary/aromatic N) is 2. The zero-order valence-corrected chi connectivity index (χ0v) is 15.1. The number of benzene rings is 1. The van der Waals surface area contributed by atoms with Crippen molar-refractivity contribution in [2.24, 2.45) is 0 Å². The number of hydrogen-bond donors (Lipinski definition) is 2. The van der Waals surface area contributed by atoms with Crippen molar-refractivity contribution in [3.8, 4) is 11.5 Å². The summed E-state index contributed by atoms with van der Waals surface area (Å²) < 4.78 is 10.5. The molecule has 7 heteroatoms. The van der Waals surface area contributed by atoms with Crippen molar-refractivity contribution in [1.29, 1.82) is 0 Å². The Labute approximate surface area is 153 Å². The number of hydrogen-bond acceptors (Lipinski definition) is 6. The molecule has 3 rings (SSSR count). The van der Waals surface area contributed by atoms with Gasteiger partial charge in [0.1, 0.15) is 11.5 Å². The van der Waals surface area contributed by atoms with E-state index in [9.17, 15) is 4.79 Å². The average molecular weight is 356 g/mol. The van der Waals surface area contributed by atoms with Crippen LogP contribution in [0.3, 0.4) is 0 Å². The maximum absolute atomic E-state index is 12.3. The standard InChI is InChI=1S/C19H24N4O3/c1-25-15-8-9-16(17(10-15)26-2)23-19-20-11-13(12-21-19)18(24)22-14-6-4-3-5-7-14/h8-12,14H,3-7H2,1-2H3,(H,22,24)(H,20,21,23). The van der Waals surface area contributed by atoms with Gasteiger partial charge in [-0.25, -0.2) is 9.97 Å². The molecule has 0 spiro atoms. The molecule has 0 aliphatic heterocycles. The molecule has 0 bridgehead atoms. The molecule has 138 valence electrons. The van der Waals surface area contributed by atoms with Gasteiger partial charge in [0.2, 0.25) is 5.95 Å². The summed E-state index contributed by atoms with van der Waals surface area (Å²) >= 11 is 0. The number of anilines is 2. The Kier molecular flexibility index (Phi) is 5.88. The van der Waals surface area contributed by atoms with Crippen LogP contribution in [-0.4, -0.2) is 36.1 Å². The summed E-state index contributed by atoms with van der Waals surface area (Å²) in [5.41, 5.74) is 1.18. The molecule has 1 amide bonds. The van der Waals surface area contributed by atoms with Crippen LogP contribution in [0.25, 0.3) is 0 Å². The fourth-order valence-corrected chi connectivity index (χ4v) is 3.05. The van der Waals surface area contributed by atoms with Gasteiger partial charge in [-0.2, -0.15) is 0 Å². The first-order chi connectivity index (χ1) is 12.7. The van der Waals surface area contributed by atoms with E-state index in [0.717, 1.165) is 12.8 Å². The first-order valence-electron chi connectivity index (χ1n) is 8.81. The molecule has 0 atom stereocenters. The lowest BCUT2D eigenvalue weighted by Crippen LogP contribution is -2.36. The summed E-state index contributed by atoms with van der Waals surface area (Å²) in [6.45, 7) is 0. The predicted octanol–water partition coefficient (Wildman–Crippen LogP) is 3.30. The van der Waals surface area contributed by atoms with E-state index in [1.165, 1.54) is 31.7 Å². The van der Waals surface area contributed by atoms with Crippen LogP contribution in [0.2, 0.25) is 0 Å². The van der Waals surface area contributed by atoms with Gasteiger partial charge in [-0.1, -0.05) is 19.3 Å². The van der Waals surface area contributed by atoms with E-state index >= 15 is 0 Å². The third-order valence-corrected chi connectivity index (χ3v) is 4.51. The van der Waals surface area contributed by atoms with Gasteiger partial charge >= 0.3 is 0 Å². The lowest BCUT2D eigenvalue weighted by molar-refractivity contribution is 0.0927. The topological polar surface area (TPSA) is 85.4 Å². The van der Waals surface area contributed by atoms with E-state index < -0.39 is 0 Å². The number of aromatic nitrogens is 2. The molecular formula is C19H24N4O3. The zero-order valence-electron chi connectivity index (χ0n) is 15.1. The number of ether oxygens (including phenoxy) is 2. The van der Waals surface area contributed by atoms with E-state index in [4.69, 9.17) is 9.47 Å². The number of rotatable bonds is 6. The van der Waals surface area contributed by atoms with Crippen molar-refractivity contribution in [3.63, 3.8) is 0 Å². The first-order valence-corrected chi connectivity index (χ1v) is 8.81. The van der Waals surface area contributed by atoms with Gasteiger partial charge in [0, 0.05) is 24.5 Å². The number of carbonyl (C=O) groups excluding carboxylic acids is 1. The van der Waals surface area contributed by atoms with Crippen molar-refractivity contribution < 1.29 is 14.3 Å². The van der Waals surface area contributed by atoms with Crippen molar-refractivity contribution in [2.75, 3.05) is 19.5 Å². The third kappa shape index (κ3) is 4.41. The van der Waals surface area contributed by atoms with Crippen LogP contribution in [0.15, 0.2) is 30.6 Å². The maximum Gasteiger partial charge on any atom is 0.254 e. The van der Waals surface area contributed by atoms with Gasteiger partial charge in [0.15, 0.2) is 0 Å². The predicted molar refractivity (Wildman–Crippen MR) is 99.2 cm³/mol. The average Bonchev–Trinajstić information content (AvgIpc) is 2.69. The van der Waals surface area contributed by atoms with Crippen molar-refractivity contribution in [2.45, 2.75) is 38.1 Å². The Morgan fingerprint density at radius 1 is 1.08 bits per heavy atom. The number of amides is 1. The molecule has 7 nitrogen and oxygen atoms in total. The Balaban J connectivity index is 1.65. The molecule has 1 aliphatic rings. The van der Waals surface area contributed by atoms with Crippen LogP contribution >= 0.6 is 0 Å². The highest BCUT2D eigenvalue weighted by molar-refractivity contribution is 5.93. The second kappa shape index (κ2) is 8.51. The van der Waals surface area contributed by atoms with Crippen LogP contribution in [0.4, 0.5) is 11.6 Å². The first kappa shape index (κ1) is 18.0. The highest BCUT2D eigenvalue weighted by atomic mass is 16.5. The van der Waals surface area contributed by atoms with E-state index in [1.807, 2.05) is 12.1 Å². The smallest absolute Gasteiger partial charge is 0.254 e. The second-order valence-corrected chi connectivity index (χ2v) is 6.29. The molecule has 2 aromatic rings. The minimum absolute atomic E-state index is 0.120. The number of nitrogens with one attached hydrogen (secondary N) is 2. The van der Waals surface area contributed by atoms with E-state index in [0.29, 0.717) is 28.7 Å². The lowest BCUT2D eigenvalue weighted by atomic mass is 9.95. The van der Waals surface area contributed by atoms with Gasteiger partial charge in [-0.15, -0.1) is 0 Å². The summed E-state index contributed by atoms with van der Waals surface area (Å²) in [7, 11) is 3.18. The monoisotopic (exact) mass is 356 g/mol. The van der Waals surface area contributed by atoms with Crippen LogP contribution < -0.4 is 20.1 Å². The lowest BCUT2D eigenvalue weighted by Gasteiger charge is -2.22. The fourth-order valence-electron chi connectivity index (χ4n) is 3.05. The van der Waals surface area contributed by atoms with Crippen molar-refractivity contribution >= 4 is 17.5 Å². The molecule has 1 aromatic carbocycles. The molecule has 2 N–H and O–H groups in total. The largest absolute Gasteiger partial charge is 0.497 e. The molecular weight excluding hydrogens is 332 g/mol. The summed E-state index contributed by atoms with van der Waals surface area (Å²) in [5, 5.41) is 6.15. The molecule has 1 saturated carbocycles. The van der Waals surface area contributed by atoms with E-state index in [-0.39, 0.29) is 11.9 Å². The second-order valence-electron chi connectivity index (χ2n) is 6.29. The number of methoxy groups -OCH3 is 2. The molecule has 1 fully saturated rings. The van der Waals surface area contributed by atoms with Crippen LogP contribution in [0, 0.1) is 0 Å². The number of carbonyl (C=O) groups is 1. The Hall–Kier alpha value is -2.83. The molecule has 1 aromatic heterocycles. The molecule has 1 aliphatic carbocycles. The van der Waals surface area contributed by atoms with Gasteiger partial charge in [0.05, 0.1) is 25.5 Å². The van der Waals surface area contributed by atoms with E-state index in [2.05, 4.69) is 20.6 Å². The Morgan fingerprint density at radius 2 is 1.81 bits per heavy atom. The SMILES string of the molecule is COc1ccc(Nc2ncc(C(=O)NC3CCCCC3)cn2)c(OC)c1. The quantitative estimate of drug-likeness (QED) is 0.826. The molecule has 26 heavy (non-hydrogen) atoms. The van der Waals surface area contributed by atoms with Gasteiger partial charge in [0.25, 0.3) is 5.91 Å². The molecule has 1 heterocycles. The van der Waals surface area contributed by atoms with Crippen LogP contribution in [0.1, 0.15) is 42.5 Å². The van der Waals surface area contributed by atoms with Gasteiger partial charge < -0.3 is 20.1 Å². The maximum atomic E-state index is 12.3. The van der Waals surface area contributed by atoms with Gasteiger partial charge in [-0.05, 0) is 25.0 Å². The van der Waals surface area contributed by atoms with E-state index in [1.54, 1.807) is 20.3 Å². The van der Waals surface area contributed by atoms with Crippen molar-refractivity contribution in [3.05, 3.63) is 36.2 Å². The molecule has 0 saturated heterocycles. The van der Waals surface area contributed by atoms with Crippen LogP contribution in [-0.2, 0) is 0 Å². The minimum atomic E-state index is -0.120. The molecule has 0 radical (unpaired) electrons. The fraction of sp³-hybridized carbons (Fsp3) is 0.421. The highest BCUT2D eigenvalue weighted by Crippen LogP contribution is 2.30. The van der Waals surface area contributed by atoms with Crippen LogP contribution in [0.5, 0.6) is 11.5 Å². The molecule has 0 unspecified atom stereocenters. The Morgan fingerprint density at radius 3 is 2.46 bits per heavy atom. The van der Waals surface area contributed by atoms with Crippen molar-refractivity contribution in [1.82, 2.24) is 15.3 Å². The summed E-state index contributed by atoms with van der Waals surface area (Å²) in [6.07, 6.45) is 8.76. The highest BCUT2D eigenvalue weighted by Gasteiger charge is 2.17. The normalized spacial score (nSPS) is 14.5. The minimum Gasteiger partial charge on any atom is -0.497 e. The van der Waals surface area contributed by atoms with Gasteiger partial charge in [-0.3, -0.25) is 4.79 Å².